The zero-order chi connectivity index (χ0) is 14.2. The van der Waals surface area contributed by atoms with Gasteiger partial charge in [0.15, 0.2) is 5.82 Å². The third-order valence-corrected chi connectivity index (χ3v) is 3.56. The molecule has 0 saturated heterocycles. The van der Waals surface area contributed by atoms with E-state index in [0.717, 1.165) is 31.1 Å². The summed E-state index contributed by atoms with van der Waals surface area (Å²) in [6.07, 6.45) is 1.65. The van der Waals surface area contributed by atoms with E-state index in [1.54, 1.807) is 0 Å². The largest absolute Gasteiger partial charge is 0.384 e. The highest BCUT2D eigenvalue weighted by atomic mass is 16.5. The fourth-order valence-corrected chi connectivity index (χ4v) is 2.67. The molecule has 1 aromatic heterocycles. The summed E-state index contributed by atoms with van der Waals surface area (Å²) in [5, 5.41) is 7.52. The second-order valence-electron chi connectivity index (χ2n) is 6.71. The number of fused-ring (bicyclic) bond motifs is 1. The third-order valence-electron chi connectivity index (χ3n) is 3.56. The van der Waals surface area contributed by atoms with Gasteiger partial charge in [-0.15, -0.1) is 0 Å². The lowest BCUT2D eigenvalue weighted by molar-refractivity contribution is 0.350. The van der Waals surface area contributed by atoms with Crippen LogP contribution in [0.5, 0.6) is 0 Å². The Labute approximate surface area is 119 Å². The highest BCUT2D eigenvalue weighted by Gasteiger charge is 2.24. The second-order valence-corrected chi connectivity index (χ2v) is 6.71. The van der Waals surface area contributed by atoms with Crippen molar-refractivity contribution < 1.29 is 4.52 Å². The van der Waals surface area contributed by atoms with Gasteiger partial charge in [-0.2, -0.15) is 4.98 Å². The van der Waals surface area contributed by atoms with Crippen LogP contribution in [0.1, 0.15) is 44.0 Å². The van der Waals surface area contributed by atoms with Crippen LogP contribution in [0.3, 0.4) is 0 Å². The molecular weight excluding hydrogens is 250 g/mol. The van der Waals surface area contributed by atoms with Crippen LogP contribution in [0.4, 0.5) is 5.69 Å². The molecule has 2 aromatic rings. The smallest absolute Gasteiger partial charge is 0.227 e. The molecule has 0 aliphatic carbocycles. The van der Waals surface area contributed by atoms with E-state index in [0.29, 0.717) is 5.92 Å². The monoisotopic (exact) mass is 271 g/mol. The van der Waals surface area contributed by atoms with E-state index < -0.39 is 0 Å². The SMILES string of the molecule is CC(C)(C)Cc1noc(CC2CNc3ccccc32)n1. The van der Waals surface area contributed by atoms with E-state index in [2.05, 4.69) is 60.5 Å². The van der Waals surface area contributed by atoms with Crippen LogP contribution in [0.15, 0.2) is 28.8 Å². The number of aromatic nitrogens is 2. The zero-order valence-electron chi connectivity index (χ0n) is 12.3. The summed E-state index contributed by atoms with van der Waals surface area (Å²) in [6.45, 7) is 7.48. The maximum absolute atomic E-state index is 5.40. The van der Waals surface area contributed by atoms with Crippen molar-refractivity contribution in [3.05, 3.63) is 41.5 Å². The van der Waals surface area contributed by atoms with E-state index in [1.807, 2.05) is 0 Å². The Morgan fingerprint density at radius 1 is 1.30 bits per heavy atom. The molecule has 0 fully saturated rings. The van der Waals surface area contributed by atoms with Crippen molar-refractivity contribution in [2.24, 2.45) is 5.41 Å². The summed E-state index contributed by atoms with van der Waals surface area (Å²) in [5.41, 5.74) is 2.76. The van der Waals surface area contributed by atoms with Crippen molar-refractivity contribution in [3.8, 4) is 0 Å². The van der Waals surface area contributed by atoms with Crippen molar-refractivity contribution in [3.63, 3.8) is 0 Å². The van der Waals surface area contributed by atoms with Crippen LogP contribution in [0.2, 0.25) is 0 Å². The summed E-state index contributed by atoms with van der Waals surface area (Å²) in [4.78, 5) is 4.53. The molecule has 4 heteroatoms. The van der Waals surface area contributed by atoms with Crippen LogP contribution >= 0.6 is 0 Å². The summed E-state index contributed by atoms with van der Waals surface area (Å²) >= 11 is 0. The first kappa shape index (κ1) is 13.2. The van der Waals surface area contributed by atoms with Crippen LogP contribution in [0, 0.1) is 5.41 Å². The minimum atomic E-state index is 0.183. The van der Waals surface area contributed by atoms with E-state index in [1.165, 1.54) is 11.3 Å². The van der Waals surface area contributed by atoms with Gasteiger partial charge in [-0.25, -0.2) is 0 Å². The molecule has 106 valence electrons. The molecule has 0 spiro atoms. The molecule has 1 atom stereocenters. The molecule has 0 saturated carbocycles. The first-order chi connectivity index (χ1) is 9.51. The Morgan fingerprint density at radius 2 is 2.10 bits per heavy atom. The summed E-state index contributed by atoms with van der Waals surface area (Å²) in [5.74, 6) is 1.98. The maximum atomic E-state index is 5.40. The lowest BCUT2D eigenvalue weighted by Crippen LogP contribution is -2.10. The van der Waals surface area contributed by atoms with Gasteiger partial charge in [-0.05, 0) is 17.0 Å². The van der Waals surface area contributed by atoms with Gasteiger partial charge >= 0.3 is 0 Å². The third kappa shape index (κ3) is 2.84. The molecule has 0 radical (unpaired) electrons. The highest BCUT2D eigenvalue weighted by Crippen LogP contribution is 2.33. The van der Waals surface area contributed by atoms with Gasteiger partial charge in [0.2, 0.25) is 5.89 Å². The predicted molar refractivity (Wildman–Crippen MR) is 78.8 cm³/mol. The minimum Gasteiger partial charge on any atom is -0.384 e. The molecular formula is C16H21N3O. The fourth-order valence-electron chi connectivity index (χ4n) is 2.67. The molecule has 0 bridgehead atoms. The molecule has 2 heterocycles. The topological polar surface area (TPSA) is 51.0 Å². The van der Waals surface area contributed by atoms with Gasteiger partial charge in [0.1, 0.15) is 0 Å². The Morgan fingerprint density at radius 3 is 2.90 bits per heavy atom. The van der Waals surface area contributed by atoms with E-state index >= 15 is 0 Å². The quantitative estimate of drug-likeness (QED) is 0.929. The number of anilines is 1. The molecule has 4 nitrogen and oxygen atoms in total. The van der Waals surface area contributed by atoms with E-state index in [9.17, 15) is 0 Å². The summed E-state index contributed by atoms with van der Waals surface area (Å²) in [6, 6.07) is 8.43. The zero-order valence-corrected chi connectivity index (χ0v) is 12.3. The maximum Gasteiger partial charge on any atom is 0.227 e. The standard InChI is InChI=1S/C16H21N3O/c1-16(2,3)9-14-18-15(20-19-14)8-11-10-17-13-7-5-4-6-12(11)13/h4-7,11,17H,8-10H2,1-3H3. The number of hydrogen-bond acceptors (Lipinski definition) is 4. The van der Waals surface area contributed by atoms with Crippen molar-refractivity contribution in [1.82, 2.24) is 10.1 Å². The van der Waals surface area contributed by atoms with Gasteiger partial charge in [0, 0.05) is 31.0 Å². The number of para-hydroxylation sites is 1. The van der Waals surface area contributed by atoms with Crippen molar-refractivity contribution >= 4 is 5.69 Å². The van der Waals surface area contributed by atoms with Crippen LogP contribution < -0.4 is 5.32 Å². The predicted octanol–water partition coefficient (Wildman–Crippen LogP) is 3.41. The molecule has 1 aromatic carbocycles. The molecule has 1 aliphatic rings. The number of rotatable bonds is 3. The van der Waals surface area contributed by atoms with Crippen molar-refractivity contribution in [1.29, 1.82) is 0 Å². The van der Waals surface area contributed by atoms with Crippen molar-refractivity contribution in [2.45, 2.75) is 39.5 Å². The van der Waals surface area contributed by atoms with Crippen LogP contribution in [0.25, 0.3) is 0 Å². The molecule has 20 heavy (non-hydrogen) atoms. The number of nitrogens with zero attached hydrogens (tertiary/aromatic N) is 2. The number of nitrogens with one attached hydrogen (secondary N) is 1. The van der Waals surface area contributed by atoms with Gasteiger partial charge < -0.3 is 9.84 Å². The highest BCUT2D eigenvalue weighted by molar-refractivity contribution is 5.57. The first-order valence-corrected chi connectivity index (χ1v) is 7.15. The first-order valence-electron chi connectivity index (χ1n) is 7.15. The minimum absolute atomic E-state index is 0.183. The number of benzene rings is 1. The van der Waals surface area contributed by atoms with E-state index in [-0.39, 0.29) is 5.41 Å². The second kappa shape index (κ2) is 4.93. The summed E-state index contributed by atoms with van der Waals surface area (Å²) in [7, 11) is 0. The van der Waals surface area contributed by atoms with Crippen LogP contribution in [-0.4, -0.2) is 16.7 Å². The normalized spacial score (nSPS) is 17.9. The Bertz CT molecular complexity index is 598. The molecule has 1 unspecified atom stereocenters. The molecule has 1 aliphatic heterocycles. The average Bonchev–Trinajstić information content (AvgIpc) is 2.96. The van der Waals surface area contributed by atoms with E-state index in [4.69, 9.17) is 4.52 Å². The Kier molecular flexibility index (Phi) is 3.24. The van der Waals surface area contributed by atoms with Gasteiger partial charge in [-0.3, -0.25) is 0 Å². The molecule has 1 N–H and O–H groups in total. The van der Waals surface area contributed by atoms with Crippen molar-refractivity contribution in [2.75, 3.05) is 11.9 Å². The summed E-state index contributed by atoms with van der Waals surface area (Å²) < 4.78 is 5.40. The van der Waals surface area contributed by atoms with Gasteiger partial charge in [-0.1, -0.05) is 44.1 Å². The van der Waals surface area contributed by atoms with Crippen LogP contribution in [-0.2, 0) is 12.8 Å². The Balaban J connectivity index is 1.71. The molecule has 3 rings (SSSR count). The lowest BCUT2D eigenvalue weighted by atomic mass is 9.92. The Hall–Kier alpha value is -1.84. The van der Waals surface area contributed by atoms with Gasteiger partial charge in [0.05, 0.1) is 0 Å². The van der Waals surface area contributed by atoms with Gasteiger partial charge in [0.25, 0.3) is 0 Å². The lowest BCUT2D eigenvalue weighted by Gasteiger charge is -2.14. The molecule has 0 amide bonds. The fraction of sp³-hybridized carbons (Fsp3) is 0.500. The number of hydrogen-bond donors (Lipinski definition) is 1. The average molecular weight is 271 g/mol.